The van der Waals surface area contributed by atoms with Gasteiger partial charge < -0.3 is 0 Å². The van der Waals surface area contributed by atoms with Gasteiger partial charge in [-0.1, -0.05) is 230 Å². The molecule has 0 atom stereocenters. The van der Waals surface area contributed by atoms with Crippen LogP contribution in [0.15, 0.2) is 109 Å². The highest BCUT2D eigenvalue weighted by Gasteiger charge is 2.45. The zero-order valence-electron chi connectivity index (χ0n) is 46.6. The van der Waals surface area contributed by atoms with Crippen LogP contribution >= 0.6 is 68.0 Å². The third-order valence-electron chi connectivity index (χ3n) is 17.3. The van der Waals surface area contributed by atoms with Gasteiger partial charge in [0.05, 0.1) is 0 Å². The Labute approximate surface area is 483 Å². The summed E-state index contributed by atoms with van der Waals surface area (Å²) in [7, 11) is 0. The van der Waals surface area contributed by atoms with Crippen molar-refractivity contribution in [1.82, 2.24) is 0 Å². The predicted octanol–water partition coefficient (Wildman–Crippen LogP) is 25.9. The quantitative estimate of drug-likeness (QED) is 0.0360. The maximum absolute atomic E-state index is 2.65. The second-order valence-corrected chi connectivity index (χ2v) is 29.1. The van der Waals surface area contributed by atoms with Crippen molar-refractivity contribution < 1.29 is 0 Å². The fourth-order valence-electron chi connectivity index (χ4n) is 13.2. The number of fused-ring (bicyclic) bond motifs is 6. The zero-order chi connectivity index (χ0) is 52.2. The lowest BCUT2D eigenvalue weighted by Crippen LogP contribution is -2.25. The molecule has 402 valence electrons. The first-order chi connectivity index (χ1) is 37.5. The molecule has 0 N–H and O–H groups in total. The maximum Gasteiger partial charge on any atom is 0.0452 e. The Kier molecular flexibility index (Phi) is 20.0. The topological polar surface area (TPSA) is 0 Å². The summed E-state index contributed by atoms with van der Waals surface area (Å²) < 4.78 is 0. The molecule has 0 amide bonds. The van der Waals surface area contributed by atoms with Gasteiger partial charge in [-0.2, -0.15) is 0 Å². The van der Waals surface area contributed by atoms with Crippen molar-refractivity contribution in [3.63, 3.8) is 0 Å². The minimum absolute atomic E-state index is 0.145. The van der Waals surface area contributed by atoms with Crippen LogP contribution in [0.25, 0.3) is 69.7 Å². The summed E-state index contributed by atoms with van der Waals surface area (Å²) in [5, 5.41) is 0. The van der Waals surface area contributed by atoms with E-state index in [-0.39, 0.29) is 10.8 Å². The van der Waals surface area contributed by atoms with Gasteiger partial charge in [0.1, 0.15) is 0 Å². The summed E-state index contributed by atoms with van der Waals surface area (Å²) in [5.41, 5.74) is 9.84. The lowest BCUT2D eigenvalue weighted by atomic mass is 9.71. The molecule has 6 heteroatoms. The average molecular weight is 1120 g/mol. The molecule has 10 rings (SSSR count). The first-order valence-corrected chi connectivity index (χ1v) is 35.3. The lowest BCUT2D eigenvalue weighted by molar-refractivity contribution is 0.398. The second kappa shape index (κ2) is 27.2. The molecule has 2 aliphatic carbocycles. The van der Waals surface area contributed by atoms with E-state index in [9.17, 15) is 0 Å². The van der Waals surface area contributed by atoms with Crippen LogP contribution in [0.2, 0.25) is 0 Å². The Balaban J connectivity index is 0.848. The van der Waals surface area contributed by atoms with Crippen LogP contribution in [0.4, 0.5) is 0 Å². The smallest absolute Gasteiger partial charge is 0.0452 e. The van der Waals surface area contributed by atoms with Crippen LogP contribution in [-0.2, 0) is 10.8 Å². The molecule has 0 aliphatic heterocycles. The molecule has 2 aromatic carbocycles. The van der Waals surface area contributed by atoms with Crippen molar-refractivity contribution >= 4 is 68.0 Å². The van der Waals surface area contributed by atoms with Gasteiger partial charge in [-0.3, -0.25) is 0 Å². The second-order valence-electron chi connectivity index (χ2n) is 22.7. The maximum atomic E-state index is 2.65. The van der Waals surface area contributed by atoms with Gasteiger partial charge in [0.15, 0.2) is 0 Å². The monoisotopic (exact) mass is 1120 g/mol. The zero-order valence-corrected chi connectivity index (χ0v) is 51.5. The van der Waals surface area contributed by atoms with E-state index in [1.807, 2.05) is 45.3 Å². The van der Waals surface area contributed by atoms with Crippen molar-refractivity contribution in [3.8, 4) is 69.7 Å². The van der Waals surface area contributed by atoms with Crippen LogP contribution in [0.5, 0.6) is 0 Å². The highest BCUT2D eigenvalue weighted by Crippen LogP contribution is 2.61. The Bertz CT molecular complexity index is 2810. The van der Waals surface area contributed by atoms with E-state index in [0.29, 0.717) is 0 Å². The molecular formula is C70H86S6. The predicted molar refractivity (Wildman–Crippen MR) is 345 cm³/mol. The van der Waals surface area contributed by atoms with E-state index in [1.165, 1.54) is 240 Å². The van der Waals surface area contributed by atoms with Crippen molar-refractivity contribution in [2.75, 3.05) is 0 Å². The van der Waals surface area contributed by atoms with Gasteiger partial charge in [-0.15, -0.1) is 68.0 Å². The average Bonchev–Trinajstić information content (AvgIpc) is 4.37. The number of unbranched alkanes of at least 4 members (excludes halogenated alkanes) is 20. The summed E-state index contributed by atoms with van der Waals surface area (Å²) in [6.07, 6.45) is 37.7. The molecule has 0 nitrogen and oxygen atoms in total. The van der Waals surface area contributed by atoms with E-state index in [1.54, 1.807) is 32.0 Å². The summed E-state index contributed by atoms with van der Waals surface area (Å²) in [5.74, 6) is 0. The van der Waals surface area contributed by atoms with Crippen molar-refractivity contribution in [2.45, 2.75) is 218 Å². The van der Waals surface area contributed by atoms with Gasteiger partial charge in [0.2, 0.25) is 0 Å². The molecule has 6 aromatic heterocycles. The highest BCUT2D eigenvalue weighted by atomic mass is 32.1. The van der Waals surface area contributed by atoms with Gasteiger partial charge in [-0.25, -0.2) is 0 Å². The molecule has 0 saturated heterocycles. The third-order valence-corrected chi connectivity index (χ3v) is 25.0. The number of hydrogen-bond acceptors (Lipinski definition) is 6. The Morgan fingerprint density at radius 2 is 0.500 bits per heavy atom. The fourth-order valence-corrected chi connectivity index (χ4v) is 20.2. The Hall–Kier alpha value is -3.36. The largest absolute Gasteiger partial charge is 0.134 e. The van der Waals surface area contributed by atoms with E-state index < -0.39 is 0 Å². The van der Waals surface area contributed by atoms with Crippen LogP contribution in [-0.4, -0.2) is 0 Å². The first kappa shape index (κ1) is 55.9. The summed E-state index contributed by atoms with van der Waals surface area (Å²) in [6, 6.07) is 43.5. The van der Waals surface area contributed by atoms with Gasteiger partial charge in [-0.05, 0) is 120 Å². The molecule has 0 radical (unpaired) electrons. The standard InChI is InChI=1S/C70H86S6/c1-5-9-13-17-21-29-45-69(46-30-22-18-14-10-6-2)53-35-27-25-33-51(53)67-55(69)49-65(75-67)63-43-41-61(73-63)59-39-37-57(71-59)58-38-40-60(72-58)62-42-44-64(74-62)66-50-56-68(76-66)52-34-26-28-36-54(52)70(56,47-31-23-19-15-11-7-3)48-32-24-20-16-12-8-4/h25-28,33-44,49-50H,5-24,29-32,45-48H2,1-4H3. The molecule has 8 aromatic rings. The summed E-state index contributed by atoms with van der Waals surface area (Å²) >= 11 is 12.0. The SMILES string of the molecule is CCCCCCCCC1(CCCCCCCC)c2ccccc2-c2sc(-c3ccc(-c4ccc(-c5ccc(-c6ccc(-c7cc8c(s7)-c7ccccc7C8(CCCCCCCC)CCCCCCCC)s6)s5)s4)s3)cc21. The normalized spacial score (nSPS) is 13.9. The van der Waals surface area contributed by atoms with Crippen molar-refractivity contribution in [3.05, 3.63) is 131 Å². The Morgan fingerprint density at radius 1 is 0.250 bits per heavy atom. The van der Waals surface area contributed by atoms with Crippen LogP contribution in [0, 0.1) is 0 Å². The molecule has 0 saturated carbocycles. The molecule has 2 aliphatic rings. The molecule has 0 spiro atoms. The lowest BCUT2D eigenvalue weighted by Gasteiger charge is -2.32. The van der Waals surface area contributed by atoms with Gasteiger partial charge in [0.25, 0.3) is 0 Å². The molecular weight excluding hydrogens is 1030 g/mol. The van der Waals surface area contributed by atoms with Crippen molar-refractivity contribution in [1.29, 1.82) is 0 Å². The molecule has 0 bridgehead atoms. The van der Waals surface area contributed by atoms with Gasteiger partial charge in [0, 0.05) is 69.4 Å². The first-order valence-electron chi connectivity index (χ1n) is 30.4. The van der Waals surface area contributed by atoms with E-state index in [0.717, 1.165) is 0 Å². The number of benzene rings is 2. The van der Waals surface area contributed by atoms with Crippen LogP contribution in [0.1, 0.15) is 230 Å². The van der Waals surface area contributed by atoms with E-state index >= 15 is 0 Å². The number of thiophene rings is 6. The van der Waals surface area contributed by atoms with Gasteiger partial charge >= 0.3 is 0 Å². The minimum atomic E-state index is 0.145. The summed E-state index contributed by atoms with van der Waals surface area (Å²) in [6.45, 7) is 9.33. The van der Waals surface area contributed by atoms with Crippen LogP contribution < -0.4 is 0 Å². The van der Waals surface area contributed by atoms with E-state index in [4.69, 9.17) is 0 Å². The highest BCUT2D eigenvalue weighted by molar-refractivity contribution is 7.31. The third kappa shape index (κ3) is 12.3. The molecule has 0 fully saturated rings. The van der Waals surface area contributed by atoms with Crippen molar-refractivity contribution in [2.24, 2.45) is 0 Å². The number of rotatable bonds is 33. The molecule has 6 heterocycles. The van der Waals surface area contributed by atoms with Crippen LogP contribution in [0.3, 0.4) is 0 Å². The minimum Gasteiger partial charge on any atom is -0.134 e. The molecule has 0 unspecified atom stereocenters. The molecule has 76 heavy (non-hydrogen) atoms. The Morgan fingerprint density at radius 3 is 0.789 bits per heavy atom. The van der Waals surface area contributed by atoms with E-state index in [2.05, 4.69) is 160 Å². The fraction of sp³-hybridized carbons (Fsp3) is 0.486. The summed E-state index contributed by atoms with van der Waals surface area (Å²) in [4.78, 5) is 17.1. The number of hydrogen-bond donors (Lipinski definition) is 0.